The molecular weight excluding hydrogens is 299 g/mol. The maximum Gasteiger partial charge on any atom is 0.416 e. The summed E-state index contributed by atoms with van der Waals surface area (Å²) in [6, 6.07) is 4.69. The summed E-state index contributed by atoms with van der Waals surface area (Å²) >= 11 is 0. The molecule has 22 heavy (non-hydrogen) atoms. The molecular formula is C14H14F3N3O2. The van der Waals surface area contributed by atoms with Gasteiger partial charge in [-0.15, -0.1) is 0 Å². The smallest absolute Gasteiger partial charge is 0.379 e. The van der Waals surface area contributed by atoms with E-state index in [1.165, 1.54) is 12.1 Å². The zero-order valence-corrected chi connectivity index (χ0v) is 11.6. The van der Waals surface area contributed by atoms with E-state index in [1.54, 1.807) is 0 Å². The quantitative estimate of drug-likeness (QED) is 0.872. The monoisotopic (exact) mass is 313 g/mol. The summed E-state index contributed by atoms with van der Waals surface area (Å²) < 4.78 is 48.0. The van der Waals surface area contributed by atoms with Crippen LogP contribution >= 0.6 is 0 Å². The van der Waals surface area contributed by atoms with Crippen LogP contribution in [0.25, 0.3) is 11.4 Å². The Morgan fingerprint density at radius 3 is 2.41 bits per heavy atom. The summed E-state index contributed by atoms with van der Waals surface area (Å²) in [5, 5.41) is 3.82. The van der Waals surface area contributed by atoms with Gasteiger partial charge in [0.05, 0.1) is 25.3 Å². The molecule has 0 N–H and O–H groups in total. The van der Waals surface area contributed by atoms with Gasteiger partial charge in [0.15, 0.2) is 0 Å². The van der Waals surface area contributed by atoms with E-state index in [1.807, 2.05) is 0 Å². The van der Waals surface area contributed by atoms with Crippen molar-refractivity contribution in [2.75, 3.05) is 26.3 Å². The van der Waals surface area contributed by atoms with Gasteiger partial charge < -0.3 is 9.26 Å². The van der Waals surface area contributed by atoms with Crippen molar-refractivity contribution >= 4 is 0 Å². The Balaban J connectivity index is 1.70. The van der Waals surface area contributed by atoms with Crippen LogP contribution < -0.4 is 0 Å². The van der Waals surface area contributed by atoms with Crippen molar-refractivity contribution in [2.24, 2.45) is 0 Å². The third kappa shape index (κ3) is 3.45. The fourth-order valence-electron chi connectivity index (χ4n) is 2.20. The average Bonchev–Trinajstić information content (AvgIpc) is 2.96. The maximum absolute atomic E-state index is 12.5. The number of morpholine rings is 1. The predicted molar refractivity (Wildman–Crippen MR) is 70.8 cm³/mol. The van der Waals surface area contributed by atoms with Crippen molar-refractivity contribution in [1.29, 1.82) is 0 Å². The minimum Gasteiger partial charge on any atom is -0.379 e. The minimum absolute atomic E-state index is 0.289. The first-order valence-corrected chi connectivity index (χ1v) is 6.83. The first kappa shape index (κ1) is 15.0. The summed E-state index contributed by atoms with van der Waals surface area (Å²) in [5.41, 5.74) is -0.210. The van der Waals surface area contributed by atoms with Gasteiger partial charge >= 0.3 is 6.18 Å². The Bertz CT molecular complexity index is 619. The second-order valence-corrected chi connectivity index (χ2v) is 4.98. The van der Waals surface area contributed by atoms with Crippen LogP contribution in [0.1, 0.15) is 11.5 Å². The summed E-state index contributed by atoms with van der Waals surface area (Å²) in [7, 11) is 0. The van der Waals surface area contributed by atoms with E-state index in [0.29, 0.717) is 31.2 Å². The van der Waals surface area contributed by atoms with Crippen LogP contribution in [0.5, 0.6) is 0 Å². The zero-order chi connectivity index (χ0) is 15.6. The van der Waals surface area contributed by atoms with E-state index >= 15 is 0 Å². The van der Waals surface area contributed by atoms with Crippen LogP contribution in [-0.4, -0.2) is 41.3 Å². The van der Waals surface area contributed by atoms with Crippen LogP contribution in [0.4, 0.5) is 13.2 Å². The van der Waals surface area contributed by atoms with Crippen molar-refractivity contribution < 1.29 is 22.4 Å². The van der Waals surface area contributed by atoms with Gasteiger partial charge in [0.1, 0.15) is 0 Å². The molecule has 118 valence electrons. The normalized spacial score (nSPS) is 16.9. The molecule has 0 unspecified atom stereocenters. The lowest BCUT2D eigenvalue weighted by atomic mass is 10.1. The molecule has 0 radical (unpaired) electrons. The topological polar surface area (TPSA) is 51.4 Å². The first-order chi connectivity index (χ1) is 10.5. The van der Waals surface area contributed by atoms with E-state index in [2.05, 4.69) is 15.0 Å². The van der Waals surface area contributed by atoms with E-state index in [-0.39, 0.29) is 5.82 Å². The molecule has 3 rings (SSSR count). The van der Waals surface area contributed by atoms with Crippen LogP contribution in [0.3, 0.4) is 0 Å². The molecule has 1 aliphatic heterocycles. The Kier molecular flexibility index (Phi) is 4.12. The summed E-state index contributed by atoms with van der Waals surface area (Å²) in [6.07, 6.45) is -4.35. The van der Waals surface area contributed by atoms with E-state index < -0.39 is 11.7 Å². The molecule has 0 amide bonds. The molecule has 2 aromatic rings. The highest BCUT2D eigenvalue weighted by atomic mass is 19.4. The molecule has 0 bridgehead atoms. The van der Waals surface area contributed by atoms with Crippen LogP contribution in [-0.2, 0) is 17.5 Å². The molecule has 1 aromatic carbocycles. The van der Waals surface area contributed by atoms with E-state index in [0.717, 1.165) is 25.2 Å². The van der Waals surface area contributed by atoms with Crippen molar-refractivity contribution in [3.63, 3.8) is 0 Å². The third-order valence-electron chi connectivity index (χ3n) is 3.40. The number of halogens is 3. The number of rotatable bonds is 3. The van der Waals surface area contributed by atoms with Gasteiger partial charge in [0, 0.05) is 18.7 Å². The minimum atomic E-state index is -4.35. The molecule has 0 aliphatic carbocycles. The molecule has 1 fully saturated rings. The van der Waals surface area contributed by atoms with Crippen LogP contribution in [0.15, 0.2) is 28.8 Å². The summed E-state index contributed by atoms with van der Waals surface area (Å²) in [4.78, 5) is 6.34. The Labute approximate surface area is 124 Å². The van der Waals surface area contributed by atoms with Crippen molar-refractivity contribution in [3.05, 3.63) is 35.7 Å². The molecule has 0 atom stereocenters. The SMILES string of the molecule is FC(F)(F)c1ccc(-c2noc(CN3CCOCC3)n2)cc1. The molecule has 1 saturated heterocycles. The summed E-state index contributed by atoms with van der Waals surface area (Å²) in [6.45, 7) is 3.42. The lowest BCUT2D eigenvalue weighted by Gasteiger charge is -2.24. The molecule has 5 nitrogen and oxygen atoms in total. The van der Waals surface area contributed by atoms with Gasteiger partial charge in [-0.1, -0.05) is 17.3 Å². The fraction of sp³-hybridized carbons (Fsp3) is 0.429. The second kappa shape index (κ2) is 6.05. The molecule has 2 heterocycles. The standard InChI is InChI=1S/C14H14F3N3O2/c15-14(16,17)11-3-1-10(2-4-11)13-18-12(22-19-13)9-20-5-7-21-8-6-20/h1-4H,5-9H2. The van der Waals surface area contributed by atoms with Gasteiger partial charge in [0.25, 0.3) is 0 Å². The highest BCUT2D eigenvalue weighted by Gasteiger charge is 2.30. The maximum atomic E-state index is 12.5. The van der Waals surface area contributed by atoms with Gasteiger partial charge in [-0.3, -0.25) is 4.90 Å². The van der Waals surface area contributed by atoms with Gasteiger partial charge in [-0.25, -0.2) is 0 Å². The number of hydrogen-bond donors (Lipinski definition) is 0. The Morgan fingerprint density at radius 2 is 1.77 bits per heavy atom. The number of ether oxygens (including phenoxy) is 1. The largest absolute Gasteiger partial charge is 0.416 e. The van der Waals surface area contributed by atoms with E-state index in [9.17, 15) is 13.2 Å². The van der Waals surface area contributed by atoms with Gasteiger partial charge in [0.2, 0.25) is 11.7 Å². The Hall–Kier alpha value is -1.93. The van der Waals surface area contributed by atoms with Crippen LogP contribution in [0, 0.1) is 0 Å². The number of nitrogens with zero attached hydrogens (tertiary/aromatic N) is 3. The molecule has 1 aliphatic rings. The highest BCUT2D eigenvalue weighted by Crippen LogP contribution is 2.30. The lowest BCUT2D eigenvalue weighted by Crippen LogP contribution is -2.35. The van der Waals surface area contributed by atoms with E-state index in [4.69, 9.17) is 9.26 Å². The van der Waals surface area contributed by atoms with Gasteiger partial charge in [-0.05, 0) is 12.1 Å². The zero-order valence-electron chi connectivity index (χ0n) is 11.6. The molecule has 0 saturated carbocycles. The average molecular weight is 313 g/mol. The van der Waals surface area contributed by atoms with Crippen molar-refractivity contribution in [2.45, 2.75) is 12.7 Å². The fourth-order valence-corrected chi connectivity index (χ4v) is 2.20. The number of aromatic nitrogens is 2. The van der Waals surface area contributed by atoms with Crippen LogP contribution in [0.2, 0.25) is 0 Å². The predicted octanol–water partition coefficient (Wildman–Crippen LogP) is 2.59. The highest BCUT2D eigenvalue weighted by molar-refractivity contribution is 5.54. The first-order valence-electron chi connectivity index (χ1n) is 6.83. The van der Waals surface area contributed by atoms with Crippen molar-refractivity contribution in [1.82, 2.24) is 15.0 Å². The second-order valence-electron chi connectivity index (χ2n) is 4.98. The number of benzene rings is 1. The number of alkyl halides is 3. The number of hydrogen-bond acceptors (Lipinski definition) is 5. The van der Waals surface area contributed by atoms with Gasteiger partial charge in [-0.2, -0.15) is 18.2 Å². The Morgan fingerprint density at radius 1 is 1.09 bits per heavy atom. The molecule has 1 aromatic heterocycles. The van der Waals surface area contributed by atoms with Crippen molar-refractivity contribution in [3.8, 4) is 11.4 Å². The summed E-state index contributed by atoms with van der Waals surface area (Å²) in [5.74, 6) is 0.730. The molecule has 8 heteroatoms. The third-order valence-corrected chi connectivity index (χ3v) is 3.40. The lowest BCUT2D eigenvalue weighted by molar-refractivity contribution is -0.137. The molecule has 0 spiro atoms.